The molecule has 0 bridgehead atoms. The van der Waals surface area contributed by atoms with Crippen molar-refractivity contribution in [2.75, 3.05) is 19.6 Å². The second-order valence-corrected chi connectivity index (χ2v) is 6.95. The second kappa shape index (κ2) is 8.37. The van der Waals surface area contributed by atoms with E-state index >= 15 is 0 Å². The molecule has 1 fully saturated rings. The van der Waals surface area contributed by atoms with E-state index in [0.29, 0.717) is 0 Å². The Hall–Kier alpha value is -1.10. The molecule has 2 N–H and O–H groups in total. The molecular weight excluding hydrogens is 268 g/mol. The van der Waals surface area contributed by atoms with Crippen LogP contribution in [0.25, 0.3) is 0 Å². The summed E-state index contributed by atoms with van der Waals surface area (Å²) in [6, 6.07) is 0.246. The molecule has 1 aliphatic heterocycles. The molecule has 0 aromatic heterocycles. The number of aliphatic carboxylic acids is 1. The molecule has 1 rings (SSSR count). The van der Waals surface area contributed by atoms with Crippen LogP contribution in [-0.4, -0.2) is 47.6 Å². The topological polar surface area (TPSA) is 69.6 Å². The molecule has 0 saturated carbocycles. The highest BCUT2D eigenvalue weighted by atomic mass is 16.4. The monoisotopic (exact) mass is 298 g/mol. The van der Waals surface area contributed by atoms with Gasteiger partial charge in [0.15, 0.2) is 0 Å². The number of carbonyl (C=O) groups is 2. The van der Waals surface area contributed by atoms with Gasteiger partial charge in [0.2, 0.25) is 5.91 Å². The van der Waals surface area contributed by atoms with Crippen LogP contribution in [-0.2, 0) is 9.59 Å². The molecule has 1 saturated heterocycles. The van der Waals surface area contributed by atoms with Crippen LogP contribution >= 0.6 is 0 Å². The molecule has 1 amide bonds. The predicted octanol–water partition coefficient (Wildman–Crippen LogP) is 2.26. The minimum absolute atomic E-state index is 0.0201. The first kappa shape index (κ1) is 18.0. The number of piperidine rings is 1. The van der Waals surface area contributed by atoms with Crippen molar-refractivity contribution >= 4 is 11.9 Å². The molecule has 0 aromatic rings. The Labute approximate surface area is 128 Å². The Kier molecular flexibility index (Phi) is 7.15. The summed E-state index contributed by atoms with van der Waals surface area (Å²) in [6.07, 6.45) is 4.74. The second-order valence-electron chi connectivity index (χ2n) is 6.95. The Morgan fingerprint density at radius 3 is 2.38 bits per heavy atom. The zero-order valence-corrected chi connectivity index (χ0v) is 13.7. The van der Waals surface area contributed by atoms with Crippen LogP contribution in [0.4, 0.5) is 0 Å². The summed E-state index contributed by atoms with van der Waals surface area (Å²) >= 11 is 0. The van der Waals surface area contributed by atoms with Crippen molar-refractivity contribution in [3.05, 3.63) is 0 Å². The van der Waals surface area contributed by atoms with E-state index in [1.54, 1.807) is 0 Å². The van der Waals surface area contributed by atoms with Crippen molar-refractivity contribution in [1.29, 1.82) is 0 Å². The lowest BCUT2D eigenvalue weighted by atomic mass is 9.85. The van der Waals surface area contributed by atoms with E-state index in [0.717, 1.165) is 32.5 Å². The van der Waals surface area contributed by atoms with Crippen LogP contribution in [0, 0.1) is 5.41 Å². The van der Waals surface area contributed by atoms with Crippen LogP contribution in [0.2, 0.25) is 0 Å². The quantitative estimate of drug-likeness (QED) is 0.721. The first-order chi connectivity index (χ1) is 9.82. The summed E-state index contributed by atoms with van der Waals surface area (Å²) < 4.78 is 0. The number of amides is 1. The van der Waals surface area contributed by atoms with Gasteiger partial charge < -0.3 is 15.3 Å². The number of unbranched alkanes of at least 4 members (excludes halogenated alkanes) is 1. The van der Waals surface area contributed by atoms with Crippen molar-refractivity contribution in [2.24, 2.45) is 5.41 Å². The molecule has 21 heavy (non-hydrogen) atoms. The molecule has 1 heterocycles. The van der Waals surface area contributed by atoms with Gasteiger partial charge in [-0.3, -0.25) is 9.59 Å². The number of rotatable bonds is 8. The normalized spacial score (nSPS) is 17.7. The lowest BCUT2D eigenvalue weighted by Crippen LogP contribution is -2.45. The number of nitrogens with zero attached hydrogens (tertiary/aromatic N) is 1. The molecule has 0 aliphatic carbocycles. The van der Waals surface area contributed by atoms with Gasteiger partial charge in [-0.15, -0.1) is 0 Å². The smallest absolute Gasteiger partial charge is 0.303 e. The minimum Gasteiger partial charge on any atom is -0.481 e. The highest BCUT2D eigenvalue weighted by molar-refractivity contribution is 5.78. The fraction of sp³-hybridized carbons (Fsp3) is 0.875. The molecule has 0 radical (unpaired) electrons. The maximum absolute atomic E-state index is 12.0. The largest absolute Gasteiger partial charge is 0.481 e. The number of carboxylic acids is 1. The number of carboxylic acid groups (broad SMARTS) is 1. The van der Waals surface area contributed by atoms with E-state index in [-0.39, 0.29) is 24.8 Å². The van der Waals surface area contributed by atoms with Gasteiger partial charge in [0.05, 0.1) is 6.42 Å². The minimum atomic E-state index is -0.850. The molecule has 5 heteroatoms. The molecule has 1 aliphatic rings. The third-order valence-corrected chi connectivity index (χ3v) is 4.05. The fourth-order valence-corrected chi connectivity index (χ4v) is 2.87. The van der Waals surface area contributed by atoms with E-state index in [2.05, 4.69) is 17.1 Å². The maximum Gasteiger partial charge on any atom is 0.303 e. The SMILES string of the molecule is CCCCN1CCC(NC(=O)CC(C)(C)CC(=O)O)CC1. The molecule has 122 valence electrons. The first-order valence-electron chi connectivity index (χ1n) is 8.06. The lowest BCUT2D eigenvalue weighted by Gasteiger charge is -2.33. The van der Waals surface area contributed by atoms with E-state index in [4.69, 9.17) is 5.11 Å². The van der Waals surface area contributed by atoms with Gasteiger partial charge in [0, 0.05) is 25.6 Å². The van der Waals surface area contributed by atoms with Gasteiger partial charge in [-0.25, -0.2) is 0 Å². The highest BCUT2D eigenvalue weighted by Crippen LogP contribution is 2.25. The zero-order chi connectivity index (χ0) is 15.9. The summed E-state index contributed by atoms with van der Waals surface area (Å²) in [5.74, 6) is -0.870. The van der Waals surface area contributed by atoms with Crippen molar-refractivity contribution in [2.45, 2.75) is 65.3 Å². The average Bonchev–Trinajstić information content (AvgIpc) is 2.35. The Morgan fingerprint density at radius 1 is 1.24 bits per heavy atom. The number of likely N-dealkylation sites (tertiary alicyclic amines) is 1. The van der Waals surface area contributed by atoms with Gasteiger partial charge in [0.1, 0.15) is 0 Å². The van der Waals surface area contributed by atoms with Crippen molar-refractivity contribution in [3.63, 3.8) is 0 Å². The Balaban J connectivity index is 2.28. The van der Waals surface area contributed by atoms with Gasteiger partial charge in [-0.05, 0) is 31.2 Å². The summed E-state index contributed by atoms with van der Waals surface area (Å²) in [7, 11) is 0. The Morgan fingerprint density at radius 2 is 1.86 bits per heavy atom. The highest BCUT2D eigenvalue weighted by Gasteiger charge is 2.27. The van der Waals surface area contributed by atoms with Crippen LogP contribution in [0.3, 0.4) is 0 Å². The standard InChI is InChI=1S/C16H30N2O3/c1-4-5-8-18-9-6-13(7-10-18)17-14(19)11-16(2,3)12-15(20)21/h13H,4-12H2,1-3H3,(H,17,19)(H,20,21). The number of hydrogen-bond donors (Lipinski definition) is 2. The summed E-state index contributed by atoms with van der Waals surface area (Å²) in [5.41, 5.74) is -0.488. The van der Waals surface area contributed by atoms with E-state index in [1.807, 2.05) is 13.8 Å². The van der Waals surface area contributed by atoms with Crippen molar-refractivity contribution in [1.82, 2.24) is 10.2 Å². The van der Waals surface area contributed by atoms with Gasteiger partial charge >= 0.3 is 5.97 Å². The van der Waals surface area contributed by atoms with Gasteiger partial charge in [-0.2, -0.15) is 0 Å². The number of hydrogen-bond acceptors (Lipinski definition) is 3. The van der Waals surface area contributed by atoms with Crippen LogP contribution < -0.4 is 5.32 Å². The summed E-state index contributed by atoms with van der Waals surface area (Å²) in [5, 5.41) is 11.9. The zero-order valence-electron chi connectivity index (χ0n) is 13.7. The van der Waals surface area contributed by atoms with Gasteiger partial charge in [0.25, 0.3) is 0 Å². The third kappa shape index (κ3) is 7.46. The predicted molar refractivity (Wildman–Crippen MR) is 83.2 cm³/mol. The van der Waals surface area contributed by atoms with E-state index in [9.17, 15) is 9.59 Å². The van der Waals surface area contributed by atoms with Crippen LogP contribution in [0.1, 0.15) is 59.3 Å². The maximum atomic E-state index is 12.0. The first-order valence-corrected chi connectivity index (χ1v) is 8.06. The number of carbonyl (C=O) groups excluding carboxylic acids is 1. The molecule has 0 atom stereocenters. The lowest BCUT2D eigenvalue weighted by molar-refractivity contribution is -0.139. The van der Waals surface area contributed by atoms with E-state index < -0.39 is 11.4 Å². The van der Waals surface area contributed by atoms with Gasteiger partial charge in [-0.1, -0.05) is 27.2 Å². The molecule has 0 spiro atoms. The molecule has 0 aromatic carbocycles. The Bertz CT molecular complexity index is 347. The fourth-order valence-electron chi connectivity index (χ4n) is 2.87. The average molecular weight is 298 g/mol. The molecule has 0 unspecified atom stereocenters. The van der Waals surface area contributed by atoms with Crippen molar-refractivity contribution < 1.29 is 14.7 Å². The van der Waals surface area contributed by atoms with E-state index in [1.165, 1.54) is 12.8 Å². The third-order valence-electron chi connectivity index (χ3n) is 4.05. The van der Waals surface area contributed by atoms with Crippen LogP contribution in [0.5, 0.6) is 0 Å². The summed E-state index contributed by atoms with van der Waals surface area (Å²) in [6.45, 7) is 9.10. The van der Waals surface area contributed by atoms with Crippen LogP contribution in [0.15, 0.2) is 0 Å². The molecular formula is C16H30N2O3. The summed E-state index contributed by atoms with van der Waals surface area (Å²) in [4.78, 5) is 25.3. The molecule has 5 nitrogen and oxygen atoms in total. The van der Waals surface area contributed by atoms with Crippen molar-refractivity contribution in [3.8, 4) is 0 Å². The number of nitrogens with one attached hydrogen (secondary N) is 1.